The molecule has 0 atom stereocenters. The summed E-state index contributed by atoms with van der Waals surface area (Å²) in [4.78, 5) is 31.5. The van der Waals surface area contributed by atoms with Crippen molar-refractivity contribution in [3.8, 4) is 0 Å². The van der Waals surface area contributed by atoms with Gasteiger partial charge in [-0.15, -0.1) is 0 Å². The van der Waals surface area contributed by atoms with Crippen LogP contribution in [0.25, 0.3) is 11.0 Å². The molecular weight excluding hydrogens is 304 g/mol. The molecule has 1 fully saturated rings. The molecule has 2 heterocycles. The number of rotatable bonds is 6. The van der Waals surface area contributed by atoms with Crippen LogP contribution in [0.3, 0.4) is 0 Å². The van der Waals surface area contributed by atoms with Crippen LogP contribution in [0.2, 0.25) is 0 Å². The van der Waals surface area contributed by atoms with Crippen LogP contribution in [-0.2, 0) is 11.3 Å². The quantitative estimate of drug-likeness (QED) is 0.880. The summed E-state index contributed by atoms with van der Waals surface area (Å²) in [6, 6.07) is 7.63. The maximum absolute atomic E-state index is 12.9. The Morgan fingerprint density at radius 1 is 1.25 bits per heavy atom. The molecule has 1 aromatic heterocycles. The zero-order chi connectivity index (χ0) is 16.9. The average Bonchev–Trinajstić information content (AvgIpc) is 3.13. The SMILES string of the molecule is CCCNC(=O)CCn1c(=O)c(N2CCCC2)nc2ccccc21. The van der Waals surface area contributed by atoms with Crippen LogP contribution < -0.4 is 15.8 Å². The van der Waals surface area contributed by atoms with E-state index < -0.39 is 0 Å². The fourth-order valence-corrected chi connectivity index (χ4v) is 3.10. The van der Waals surface area contributed by atoms with E-state index in [2.05, 4.69) is 15.2 Å². The number of hydrogen-bond donors (Lipinski definition) is 1. The van der Waals surface area contributed by atoms with Crippen molar-refractivity contribution in [1.29, 1.82) is 0 Å². The highest BCUT2D eigenvalue weighted by atomic mass is 16.2. The van der Waals surface area contributed by atoms with Gasteiger partial charge in [-0.3, -0.25) is 9.59 Å². The fourth-order valence-electron chi connectivity index (χ4n) is 3.10. The van der Waals surface area contributed by atoms with Gasteiger partial charge in [-0.05, 0) is 31.4 Å². The monoisotopic (exact) mass is 328 g/mol. The van der Waals surface area contributed by atoms with Gasteiger partial charge in [0.1, 0.15) is 0 Å². The molecule has 1 aliphatic heterocycles. The summed E-state index contributed by atoms with van der Waals surface area (Å²) in [6.07, 6.45) is 3.39. The third kappa shape index (κ3) is 3.42. The number of carbonyl (C=O) groups is 1. The van der Waals surface area contributed by atoms with Crippen LogP contribution in [0.15, 0.2) is 29.1 Å². The first-order chi connectivity index (χ1) is 11.7. The van der Waals surface area contributed by atoms with Crippen molar-refractivity contribution in [2.24, 2.45) is 0 Å². The van der Waals surface area contributed by atoms with E-state index >= 15 is 0 Å². The van der Waals surface area contributed by atoms with Gasteiger partial charge in [-0.1, -0.05) is 19.1 Å². The summed E-state index contributed by atoms with van der Waals surface area (Å²) in [5, 5.41) is 2.86. The maximum Gasteiger partial charge on any atom is 0.294 e. The largest absolute Gasteiger partial charge is 0.356 e. The normalized spacial score (nSPS) is 14.3. The Balaban J connectivity index is 1.93. The lowest BCUT2D eigenvalue weighted by molar-refractivity contribution is -0.121. The smallest absolute Gasteiger partial charge is 0.294 e. The second-order valence-electron chi connectivity index (χ2n) is 6.18. The van der Waals surface area contributed by atoms with Crippen molar-refractivity contribution >= 4 is 22.8 Å². The molecule has 1 aromatic carbocycles. The number of para-hydroxylation sites is 2. The number of carbonyl (C=O) groups excluding carboxylic acids is 1. The summed E-state index contributed by atoms with van der Waals surface area (Å²) >= 11 is 0. The van der Waals surface area contributed by atoms with Crippen molar-refractivity contribution in [1.82, 2.24) is 14.9 Å². The van der Waals surface area contributed by atoms with Crippen LogP contribution in [-0.4, -0.2) is 35.1 Å². The predicted octanol–water partition coefficient (Wildman–Crippen LogP) is 1.91. The van der Waals surface area contributed by atoms with Crippen LogP contribution >= 0.6 is 0 Å². The lowest BCUT2D eigenvalue weighted by Gasteiger charge is -2.19. The molecule has 0 radical (unpaired) electrons. The van der Waals surface area contributed by atoms with Crippen molar-refractivity contribution < 1.29 is 4.79 Å². The minimum absolute atomic E-state index is 0.0210. The highest BCUT2D eigenvalue weighted by Crippen LogP contribution is 2.18. The number of amides is 1. The number of nitrogens with zero attached hydrogens (tertiary/aromatic N) is 3. The fraction of sp³-hybridized carbons (Fsp3) is 0.500. The zero-order valence-electron chi connectivity index (χ0n) is 14.1. The molecule has 3 rings (SSSR count). The predicted molar refractivity (Wildman–Crippen MR) is 95.4 cm³/mol. The Bertz CT molecular complexity index is 778. The lowest BCUT2D eigenvalue weighted by Crippen LogP contribution is -2.33. The molecule has 0 saturated carbocycles. The van der Waals surface area contributed by atoms with Gasteiger partial charge in [0.2, 0.25) is 5.91 Å². The first-order valence-corrected chi connectivity index (χ1v) is 8.72. The van der Waals surface area contributed by atoms with Gasteiger partial charge >= 0.3 is 0 Å². The molecule has 128 valence electrons. The van der Waals surface area contributed by atoms with E-state index in [4.69, 9.17) is 0 Å². The average molecular weight is 328 g/mol. The van der Waals surface area contributed by atoms with E-state index in [0.717, 1.165) is 43.4 Å². The Kier molecular flexibility index (Phi) is 5.13. The molecule has 1 aliphatic rings. The van der Waals surface area contributed by atoms with Gasteiger partial charge in [0.15, 0.2) is 5.82 Å². The maximum atomic E-state index is 12.9. The van der Waals surface area contributed by atoms with E-state index in [1.807, 2.05) is 31.2 Å². The van der Waals surface area contributed by atoms with Gasteiger partial charge < -0.3 is 14.8 Å². The van der Waals surface area contributed by atoms with E-state index in [1.165, 1.54) is 0 Å². The highest BCUT2D eigenvalue weighted by Gasteiger charge is 2.20. The van der Waals surface area contributed by atoms with Crippen molar-refractivity contribution in [3.05, 3.63) is 34.6 Å². The summed E-state index contributed by atoms with van der Waals surface area (Å²) in [5.74, 6) is 0.493. The molecule has 6 nitrogen and oxygen atoms in total. The Hall–Kier alpha value is -2.37. The van der Waals surface area contributed by atoms with Gasteiger partial charge in [-0.2, -0.15) is 0 Å². The molecule has 0 bridgehead atoms. The summed E-state index contributed by atoms with van der Waals surface area (Å²) in [6.45, 7) is 4.81. The van der Waals surface area contributed by atoms with Gasteiger partial charge in [0.05, 0.1) is 11.0 Å². The molecular formula is C18H24N4O2. The zero-order valence-corrected chi connectivity index (χ0v) is 14.1. The van der Waals surface area contributed by atoms with Crippen molar-refractivity contribution in [2.45, 2.75) is 39.2 Å². The van der Waals surface area contributed by atoms with Crippen LogP contribution in [0.1, 0.15) is 32.6 Å². The Morgan fingerprint density at radius 3 is 2.75 bits per heavy atom. The second kappa shape index (κ2) is 7.47. The molecule has 1 saturated heterocycles. The standard InChI is InChI=1S/C18H24N4O2/c1-2-10-19-16(23)9-13-22-15-8-4-3-7-14(15)20-17(18(22)24)21-11-5-6-12-21/h3-4,7-8H,2,5-6,9-13H2,1H3,(H,19,23). The molecule has 1 amide bonds. The molecule has 2 aromatic rings. The third-order valence-corrected chi connectivity index (χ3v) is 4.38. The number of aryl methyl sites for hydroxylation is 1. The topological polar surface area (TPSA) is 67.2 Å². The number of nitrogens with one attached hydrogen (secondary N) is 1. The van der Waals surface area contributed by atoms with Crippen molar-refractivity contribution in [2.75, 3.05) is 24.5 Å². The van der Waals surface area contributed by atoms with Crippen LogP contribution in [0, 0.1) is 0 Å². The number of benzene rings is 1. The molecule has 24 heavy (non-hydrogen) atoms. The number of fused-ring (bicyclic) bond motifs is 1. The molecule has 0 spiro atoms. The van der Waals surface area contributed by atoms with E-state index in [1.54, 1.807) is 4.57 Å². The number of aromatic nitrogens is 2. The molecule has 6 heteroatoms. The molecule has 0 aliphatic carbocycles. The Labute approximate surface area is 141 Å². The third-order valence-electron chi connectivity index (χ3n) is 4.38. The molecule has 1 N–H and O–H groups in total. The van der Waals surface area contributed by atoms with Gasteiger partial charge in [0.25, 0.3) is 5.56 Å². The van der Waals surface area contributed by atoms with Gasteiger partial charge in [0, 0.05) is 32.6 Å². The number of anilines is 1. The van der Waals surface area contributed by atoms with Crippen LogP contribution in [0.4, 0.5) is 5.82 Å². The second-order valence-corrected chi connectivity index (χ2v) is 6.18. The lowest BCUT2D eigenvalue weighted by atomic mass is 10.2. The minimum Gasteiger partial charge on any atom is -0.356 e. The van der Waals surface area contributed by atoms with Crippen molar-refractivity contribution in [3.63, 3.8) is 0 Å². The van der Waals surface area contributed by atoms with E-state index in [0.29, 0.717) is 25.3 Å². The first-order valence-electron chi connectivity index (χ1n) is 8.72. The van der Waals surface area contributed by atoms with Gasteiger partial charge in [-0.25, -0.2) is 4.98 Å². The highest BCUT2D eigenvalue weighted by molar-refractivity contribution is 5.78. The molecule has 0 unspecified atom stereocenters. The Morgan fingerprint density at radius 2 is 2.00 bits per heavy atom. The summed E-state index contributed by atoms with van der Waals surface area (Å²) in [5.41, 5.74) is 1.49. The number of hydrogen-bond acceptors (Lipinski definition) is 4. The summed E-state index contributed by atoms with van der Waals surface area (Å²) < 4.78 is 1.70. The minimum atomic E-state index is -0.0982. The van der Waals surface area contributed by atoms with E-state index in [-0.39, 0.29) is 11.5 Å². The first kappa shape index (κ1) is 16.5. The van der Waals surface area contributed by atoms with E-state index in [9.17, 15) is 9.59 Å². The summed E-state index contributed by atoms with van der Waals surface area (Å²) in [7, 11) is 0. The van der Waals surface area contributed by atoms with Crippen LogP contribution in [0.5, 0.6) is 0 Å².